The maximum Gasteiger partial charge on any atom is 0.434 e. The van der Waals surface area contributed by atoms with Crippen molar-refractivity contribution in [3.05, 3.63) is 45.7 Å². The molecule has 2 nitrogen and oxygen atoms in total. The fourth-order valence-corrected chi connectivity index (χ4v) is 3.42. The van der Waals surface area contributed by atoms with Gasteiger partial charge in [-0.2, -0.15) is 13.2 Å². The highest BCUT2D eigenvalue weighted by molar-refractivity contribution is 7.98. The Kier molecular flexibility index (Phi) is 4.66. The van der Waals surface area contributed by atoms with Gasteiger partial charge in [-0.25, -0.2) is 9.37 Å². The number of thioether (sulfide) groups is 1. The van der Waals surface area contributed by atoms with E-state index >= 15 is 0 Å². The molecule has 0 radical (unpaired) electrons. The first-order valence-corrected chi connectivity index (χ1v) is 7.34. The number of rotatable bonds is 4. The fourth-order valence-electron chi connectivity index (χ4n) is 1.52. The van der Waals surface area contributed by atoms with Gasteiger partial charge in [-0.3, -0.25) is 0 Å². The van der Waals surface area contributed by atoms with Crippen molar-refractivity contribution in [1.29, 1.82) is 0 Å². The van der Waals surface area contributed by atoms with Gasteiger partial charge in [0.2, 0.25) is 0 Å². The molecule has 0 aliphatic heterocycles. The van der Waals surface area contributed by atoms with Crippen molar-refractivity contribution in [3.63, 3.8) is 0 Å². The lowest BCUT2D eigenvalue weighted by Crippen LogP contribution is -2.10. The van der Waals surface area contributed by atoms with Crippen LogP contribution in [0.5, 0.6) is 0 Å². The van der Waals surface area contributed by atoms with Crippen molar-refractivity contribution in [2.24, 2.45) is 5.73 Å². The lowest BCUT2D eigenvalue weighted by molar-refractivity contribution is -0.141. The lowest BCUT2D eigenvalue weighted by Gasteiger charge is -2.03. The molecule has 0 fully saturated rings. The number of alkyl halides is 3. The van der Waals surface area contributed by atoms with E-state index in [1.807, 2.05) is 0 Å². The predicted molar refractivity (Wildman–Crippen MR) is 71.0 cm³/mol. The summed E-state index contributed by atoms with van der Waals surface area (Å²) >= 11 is 2.17. The topological polar surface area (TPSA) is 38.9 Å². The maximum absolute atomic E-state index is 13.0. The summed E-state index contributed by atoms with van der Waals surface area (Å²) in [6.45, 7) is -0.197. The molecule has 0 saturated heterocycles. The average molecular weight is 322 g/mol. The van der Waals surface area contributed by atoms with Crippen molar-refractivity contribution in [2.75, 3.05) is 0 Å². The number of hydrogen-bond acceptors (Lipinski definition) is 4. The molecule has 2 rings (SSSR count). The van der Waals surface area contributed by atoms with Crippen molar-refractivity contribution >= 4 is 23.1 Å². The number of halogens is 4. The lowest BCUT2D eigenvalue weighted by atomic mass is 10.3. The van der Waals surface area contributed by atoms with Crippen LogP contribution >= 0.6 is 23.1 Å². The SMILES string of the molecule is NCc1sc(CSc2cccc(F)c2)nc1C(F)(F)F. The van der Waals surface area contributed by atoms with E-state index in [0.717, 1.165) is 11.3 Å². The molecule has 1 heterocycles. The van der Waals surface area contributed by atoms with E-state index in [1.165, 1.54) is 23.9 Å². The van der Waals surface area contributed by atoms with Crippen LogP contribution in [0.4, 0.5) is 17.6 Å². The van der Waals surface area contributed by atoms with E-state index in [1.54, 1.807) is 12.1 Å². The van der Waals surface area contributed by atoms with E-state index in [-0.39, 0.29) is 23.0 Å². The summed E-state index contributed by atoms with van der Waals surface area (Å²) < 4.78 is 51.1. The zero-order chi connectivity index (χ0) is 14.8. The molecular formula is C12H10F4N2S2. The van der Waals surface area contributed by atoms with Crippen LogP contribution in [-0.4, -0.2) is 4.98 Å². The Morgan fingerprint density at radius 2 is 2.05 bits per heavy atom. The van der Waals surface area contributed by atoms with Crippen molar-refractivity contribution in [2.45, 2.75) is 23.4 Å². The maximum atomic E-state index is 13.0. The van der Waals surface area contributed by atoms with Gasteiger partial charge in [-0.05, 0) is 18.2 Å². The molecule has 20 heavy (non-hydrogen) atoms. The summed E-state index contributed by atoms with van der Waals surface area (Å²) in [6, 6.07) is 5.87. The molecule has 1 aromatic carbocycles. The van der Waals surface area contributed by atoms with E-state index in [2.05, 4.69) is 4.98 Å². The monoisotopic (exact) mass is 322 g/mol. The molecule has 1 aromatic heterocycles. The van der Waals surface area contributed by atoms with Gasteiger partial charge < -0.3 is 5.73 Å². The molecule has 8 heteroatoms. The highest BCUT2D eigenvalue weighted by Crippen LogP contribution is 2.35. The van der Waals surface area contributed by atoms with Gasteiger partial charge in [0, 0.05) is 11.4 Å². The first-order chi connectivity index (χ1) is 9.40. The molecule has 0 aliphatic carbocycles. The smallest absolute Gasteiger partial charge is 0.326 e. The van der Waals surface area contributed by atoms with Crippen LogP contribution in [0.1, 0.15) is 15.6 Å². The number of thiazole rings is 1. The second-order valence-corrected chi connectivity index (χ2v) is 6.04. The largest absolute Gasteiger partial charge is 0.434 e. The average Bonchev–Trinajstić information content (AvgIpc) is 2.80. The van der Waals surface area contributed by atoms with Crippen LogP contribution in [0.15, 0.2) is 29.2 Å². The summed E-state index contributed by atoms with van der Waals surface area (Å²) in [5.74, 6) is -0.134. The van der Waals surface area contributed by atoms with Gasteiger partial charge in [0.25, 0.3) is 0 Å². The van der Waals surface area contributed by atoms with Crippen LogP contribution in [0.25, 0.3) is 0 Å². The molecule has 0 unspecified atom stereocenters. The first-order valence-electron chi connectivity index (χ1n) is 5.54. The fraction of sp³-hybridized carbons (Fsp3) is 0.250. The van der Waals surface area contributed by atoms with E-state index < -0.39 is 11.9 Å². The summed E-state index contributed by atoms with van der Waals surface area (Å²) in [7, 11) is 0. The zero-order valence-corrected chi connectivity index (χ0v) is 11.7. The summed E-state index contributed by atoms with van der Waals surface area (Å²) in [5.41, 5.74) is 4.39. The number of aromatic nitrogens is 1. The Labute approximate surface area is 121 Å². The number of benzene rings is 1. The van der Waals surface area contributed by atoms with Crippen LogP contribution in [-0.2, 0) is 18.5 Å². The van der Waals surface area contributed by atoms with Crippen LogP contribution in [0, 0.1) is 5.82 Å². The summed E-state index contributed by atoms with van der Waals surface area (Å²) in [4.78, 5) is 4.25. The molecule has 108 valence electrons. The minimum absolute atomic E-state index is 0.0207. The van der Waals surface area contributed by atoms with Gasteiger partial charge in [0.15, 0.2) is 5.69 Å². The highest BCUT2D eigenvalue weighted by Gasteiger charge is 2.36. The van der Waals surface area contributed by atoms with Gasteiger partial charge in [0.05, 0.1) is 10.6 Å². The van der Waals surface area contributed by atoms with Crippen molar-refractivity contribution in [3.8, 4) is 0 Å². The Morgan fingerprint density at radius 1 is 1.30 bits per heavy atom. The van der Waals surface area contributed by atoms with E-state index in [9.17, 15) is 17.6 Å². The minimum atomic E-state index is -4.49. The van der Waals surface area contributed by atoms with E-state index in [0.29, 0.717) is 9.90 Å². The molecular weight excluding hydrogens is 312 g/mol. The first kappa shape index (κ1) is 15.3. The van der Waals surface area contributed by atoms with Crippen LogP contribution in [0.2, 0.25) is 0 Å². The van der Waals surface area contributed by atoms with Crippen LogP contribution in [0.3, 0.4) is 0 Å². The molecule has 0 amide bonds. The Morgan fingerprint density at radius 3 is 2.60 bits per heavy atom. The Hall–Kier alpha value is -1.12. The predicted octanol–water partition coefficient (Wildman–Crippen LogP) is 4.05. The molecule has 0 saturated carbocycles. The highest BCUT2D eigenvalue weighted by atomic mass is 32.2. The summed E-state index contributed by atoms with van der Waals surface area (Å²) in [6.07, 6.45) is -4.49. The third-order valence-corrected chi connectivity index (χ3v) is 4.62. The third-order valence-electron chi connectivity index (χ3n) is 2.35. The van der Waals surface area contributed by atoms with Gasteiger partial charge in [-0.15, -0.1) is 23.1 Å². The van der Waals surface area contributed by atoms with Crippen molar-refractivity contribution < 1.29 is 17.6 Å². The van der Waals surface area contributed by atoms with Gasteiger partial charge in [-0.1, -0.05) is 6.07 Å². The van der Waals surface area contributed by atoms with Crippen LogP contribution < -0.4 is 5.73 Å². The molecule has 0 aliphatic rings. The molecule has 0 atom stereocenters. The molecule has 2 N–H and O–H groups in total. The standard InChI is InChI=1S/C12H10F4N2S2/c13-7-2-1-3-8(4-7)19-6-10-18-11(12(14,15)16)9(5-17)20-10/h1-4H,5-6,17H2. The second kappa shape index (κ2) is 6.11. The Balaban J connectivity index is 2.12. The quantitative estimate of drug-likeness (QED) is 0.682. The van der Waals surface area contributed by atoms with Crippen molar-refractivity contribution in [1.82, 2.24) is 4.98 Å². The summed E-state index contributed by atoms with van der Waals surface area (Å²) in [5, 5.41) is 0.326. The zero-order valence-electron chi connectivity index (χ0n) is 10.1. The number of nitrogens with two attached hydrogens (primary N) is 1. The Bertz CT molecular complexity index is 595. The minimum Gasteiger partial charge on any atom is -0.326 e. The van der Waals surface area contributed by atoms with E-state index in [4.69, 9.17) is 5.73 Å². The molecule has 0 spiro atoms. The second-order valence-electron chi connectivity index (χ2n) is 3.83. The third kappa shape index (κ3) is 3.71. The molecule has 2 aromatic rings. The number of nitrogens with zero attached hydrogens (tertiary/aromatic N) is 1. The molecule has 0 bridgehead atoms. The number of hydrogen-bond donors (Lipinski definition) is 1. The normalized spacial score (nSPS) is 11.8. The van der Waals surface area contributed by atoms with Gasteiger partial charge >= 0.3 is 6.18 Å². The van der Waals surface area contributed by atoms with Gasteiger partial charge in [0.1, 0.15) is 10.8 Å².